The summed E-state index contributed by atoms with van der Waals surface area (Å²) >= 11 is 0. The second-order valence-electron chi connectivity index (χ2n) is 3.69. The Balaban J connectivity index is 2.64. The second kappa shape index (κ2) is 5.34. The summed E-state index contributed by atoms with van der Waals surface area (Å²) in [5, 5.41) is 0. The summed E-state index contributed by atoms with van der Waals surface area (Å²) in [5.74, 6) is 0.493. The quantitative estimate of drug-likeness (QED) is 0.815. The average Bonchev–Trinajstić information content (AvgIpc) is 2.27. The SMILES string of the molecule is COc1nc(CCC(=O)N(C)C)ccc1N. The summed E-state index contributed by atoms with van der Waals surface area (Å²) in [6, 6.07) is 3.54. The van der Waals surface area contributed by atoms with Crippen molar-refractivity contribution in [2.24, 2.45) is 0 Å². The molecule has 0 aromatic carbocycles. The zero-order chi connectivity index (χ0) is 12.1. The van der Waals surface area contributed by atoms with Crippen LogP contribution in [0.4, 0.5) is 5.69 Å². The highest BCUT2D eigenvalue weighted by molar-refractivity contribution is 5.75. The first-order chi connectivity index (χ1) is 7.54. The van der Waals surface area contributed by atoms with Crippen LogP contribution in [0.15, 0.2) is 12.1 Å². The summed E-state index contributed by atoms with van der Waals surface area (Å²) in [6.07, 6.45) is 1.03. The Hall–Kier alpha value is -1.78. The first kappa shape index (κ1) is 12.3. The van der Waals surface area contributed by atoms with Crippen molar-refractivity contribution in [1.29, 1.82) is 0 Å². The molecule has 1 aromatic heterocycles. The molecule has 0 aliphatic rings. The Kier molecular flexibility index (Phi) is 4.10. The highest BCUT2D eigenvalue weighted by atomic mass is 16.5. The van der Waals surface area contributed by atoms with Crippen molar-refractivity contribution in [3.8, 4) is 5.88 Å². The molecule has 0 saturated carbocycles. The van der Waals surface area contributed by atoms with Crippen molar-refractivity contribution in [3.63, 3.8) is 0 Å². The fourth-order valence-corrected chi connectivity index (χ4v) is 1.25. The number of nitrogen functional groups attached to an aromatic ring is 1. The number of nitrogens with zero attached hydrogens (tertiary/aromatic N) is 2. The third-order valence-corrected chi connectivity index (χ3v) is 2.23. The molecular formula is C11H17N3O2. The van der Waals surface area contributed by atoms with E-state index in [-0.39, 0.29) is 5.91 Å². The van der Waals surface area contributed by atoms with E-state index in [0.29, 0.717) is 24.4 Å². The van der Waals surface area contributed by atoms with Crippen LogP contribution >= 0.6 is 0 Å². The average molecular weight is 223 g/mol. The Bertz CT molecular complexity index is 377. The number of hydrogen-bond donors (Lipinski definition) is 1. The van der Waals surface area contributed by atoms with Gasteiger partial charge in [0.2, 0.25) is 11.8 Å². The number of ether oxygens (including phenoxy) is 1. The molecule has 2 N–H and O–H groups in total. The summed E-state index contributed by atoms with van der Waals surface area (Å²) in [5.41, 5.74) is 6.95. The minimum atomic E-state index is 0.0811. The molecule has 88 valence electrons. The van der Waals surface area contributed by atoms with Crippen LogP contribution in [0.3, 0.4) is 0 Å². The molecule has 5 heteroatoms. The smallest absolute Gasteiger partial charge is 0.237 e. The number of carbonyl (C=O) groups is 1. The molecule has 0 atom stereocenters. The van der Waals surface area contributed by atoms with E-state index in [2.05, 4.69) is 4.98 Å². The van der Waals surface area contributed by atoms with Crippen LogP contribution in [-0.4, -0.2) is 37.0 Å². The number of aromatic nitrogens is 1. The molecular weight excluding hydrogens is 206 g/mol. The standard InChI is InChI=1S/C11H17N3O2/c1-14(2)10(15)7-5-8-4-6-9(12)11(13-8)16-3/h4,6H,5,7,12H2,1-3H3. The van der Waals surface area contributed by atoms with Crippen LogP contribution < -0.4 is 10.5 Å². The fourth-order valence-electron chi connectivity index (χ4n) is 1.25. The van der Waals surface area contributed by atoms with Crippen LogP contribution in [0.1, 0.15) is 12.1 Å². The Labute approximate surface area is 95.2 Å². The zero-order valence-electron chi connectivity index (χ0n) is 9.86. The molecule has 1 heterocycles. The van der Waals surface area contributed by atoms with Crippen molar-refractivity contribution >= 4 is 11.6 Å². The molecule has 0 fully saturated rings. The maximum absolute atomic E-state index is 11.4. The zero-order valence-corrected chi connectivity index (χ0v) is 9.86. The van der Waals surface area contributed by atoms with Crippen LogP contribution in [0.25, 0.3) is 0 Å². The van der Waals surface area contributed by atoms with Crippen molar-refractivity contribution in [3.05, 3.63) is 17.8 Å². The first-order valence-electron chi connectivity index (χ1n) is 5.04. The van der Waals surface area contributed by atoms with Gasteiger partial charge in [0.25, 0.3) is 0 Å². The van der Waals surface area contributed by atoms with Crippen molar-refractivity contribution in [1.82, 2.24) is 9.88 Å². The van der Waals surface area contributed by atoms with Gasteiger partial charge in [0, 0.05) is 26.2 Å². The molecule has 0 unspecified atom stereocenters. The fraction of sp³-hybridized carbons (Fsp3) is 0.455. The Morgan fingerprint density at radius 3 is 2.75 bits per heavy atom. The summed E-state index contributed by atoms with van der Waals surface area (Å²) in [4.78, 5) is 17.1. The number of methoxy groups -OCH3 is 1. The Morgan fingerprint density at radius 2 is 2.19 bits per heavy atom. The van der Waals surface area contributed by atoms with Gasteiger partial charge in [0.15, 0.2) is 0 Å². The number of aryl methyl sites for hydroxylation is 1. The van der Waals surface area contributed by atoms with Gasteiger partial charge in [-0.2, -0.15) is 0 Å². The largest absolute Gasteiger partial charge is 0.480 e. The maximum Gasteiger partial charge on any atom is 0.237 e. The topological polar surface area (TPSA) is 68.5 Å². The molecule has 0 radical (unpaired) electrons. The van der Waals surface area contributed by atoms with Crippen LogP contribution in [-0.2, 0) is 11.2 Å². The van der Waals surface area contributed by atoms with Gasteiger partial charge in [-0.05, 0) is 18.6 Å². The number of nitrogens with two attached hydrogens (primary N) is 1. The molecule has 0 saturated heterocycles. The summed E-state index contributed by atoms with van der Waals surface area (Å²) < 4.78 is 5.01. The lowest BCUT2D eigenvalue weighted by atomic mass is 10.2. The molecule has 0 aliphatic heterocycles. The molecule has 16 heavy (non-hydrogen) atoms. The normalized spacial score (nSPS) is 9.94. The lowest BCUT2D eigenvalue weighted by Gasteiger charge is -2.10. The van der Waals surface area contributed by atoms with Crippen molar-refractivity contribution in [2.75, 3.05) is 26.9 Å². The third-order valence-electron chi connectivity index (χ3n) is 2.23. The predicted molar refractivity (Wildman–Crippen MR) is 62.2 cm³/mol. The lowest BCUT2D eigenvalue weighted by molar-refractivity contribution is -0.128. The van der Waals surface area contributed by atoms with E-state index in [4.69, 9.17) is 10.5 Å². The van der Waals surface area contributed by atoms with E-state index < -0.39 is 0 Å². The first-order valence-corrected chi connectivity index (χ1v) is 5.04. The van der Waals surface area contributed by atoms with E-state index in [9.17, 15) is 4.79 Å². The maximum atomic E-state index is 11.4. The van der Waals surface area contributed by atoms with Gasteiger partial charge in [-0.15, -0.1) is 0 Å². The van der Waals surface area contributed by atoms with E-state index in [1.165, 1.54) is 7.11 Å². The van der Waals surface area contributed by atoms with Gasteiger partial charge in [-0.3, -0.25) is 4.79 Å². The Morgan fingerprint density at radius 1 is 1.50 bits per heavy atom. The van der Waals surface area contributed by atoms with Crippen LogP contribution in [0.5, 0.6) is 5.88 Å². The molecule has 0 spiro atoms. The summed E-state index contributed by atoms with van der Waals surface area (Å²) in [6.45, 7) is 0. The molecule has 5 nitrogen and oxygen atoms in total. The van der Waals surface area contributed by atoms with Gasteiger partial charge in [-0.1, -0.05) is 0 Å². The predicted octanol–water partition coefficient (Wildman–Crippen LogP) is 0.693. The van der Waals surface area contributed by atoms with Crippen LogP contribution in [0, 0.1) is 0 Å². The van der Waals surface area contributed by atoms with E-state index in [1.807, 2.05) is 0 Å². The van der Waals surface area contributed by atoms with E-state index in [0.717, 1.165) is 5.69 Å². The van der Waals surface area contributed by atoms with Crippen LogP contribution in [0.2, 0.25) is 0 Å². The van der Waals surface area contributed by atoms with Crippen molar-refractivity contribution in [2.45, 2.75) is 12.8 Å². The lowest BCUT2D eigenvalue weighted by Crippen LogP contribution is -2.21. The number of hydrogen-bond acceptors (Lipinski definition) is 4. The molecule has 0 bridgehead atoms. The number of pyridine rings is 1. The number of rotatable bonds is 4. The van der Waals surface area contributed by atoms with Gasteiger partial charge < -0.3 is 15.4 Å². The second-order valence-corrected chi connectivity index (χ2v) is 3.69. The third kappa shape index (κ3) is 3.12. The minimum absolute atomic E-state index is 0.0811. The number of amides is 1. The monoisotopic (exact) mass is 223 g/mol. The van der Waals surface area contributed by atoms with Gasteiger partial charge in [-0.25, -0.2) is 4.98 Å². The van der Waals surface area contributed by atoms with Crippen molar-refractivity contribution < 1.29 is 9.53 Å². The molecule has 1 amide bonds. The molecule has 1 rings (SSSR count). The molecule has 1 aromatic rings. The van der Waals surface area contributed by atoms with Gasteiger partial charge >= 0.3 is 0 Å². The number of carbonyl (C=O) groups excluding carboxylic acids is 1. The minimum Gasteiger partial charge on any atom is -0.480 e. The molecule has 0 aliphatic carbocycles. The summed E-state index contributed by atoms with van der Waals surface area (Å²) in [7, 11) is 4.99. The highest BCUT2D eigenvalue weighted by Crippen LogP contribution is 2.18. The van der Waals surface area contributed by atoms with Gasteiger partial charge in [0.05, 0.1) is 12.8 Å². The van der Waals surface area contributed by atoms with E-state index >= 15 is 0 Å². The van der Waals surface area contributed by atoms with Gasteiger partial charge in [0.1, 0.15) is 0 Å². The number of anilines is 1. The van der Waals surface area contributed by atoms with E-state index in [1.54, 1.807) is 31.1 Å². The highest BCUT2D eigenvalue weighted by Gasteiger charge is 2.07.